The van der Waals surface area contributed by atoms with E-state index < -0.39 is 11.9 Å². The van der Waals surface area contributed by atoms with Gasteiger partial charge in [-0.25, -0.2) is 4.39 Å². The number of nitrogens with one attached hydrogen (secondary N) is 1. The molecular weight excluding hydrogens is 427 g/mol. The van der Waals surface area contributed by atoms with E-state index in [-0.39, 0.29) is 24.0 Å². The molecule has 4 aromatic rings. The van der Waals surface area contributed by atoms with Crippen molar-refractivity contribution in [3.8, 4) is 0 Å². The Hall–Kier alpha value is -3.91. The van der Waals surface area contributed by atoms with Gasteiger partial charge in [0.1, 0.15) is 11.9 Å². The van der Waals surface area contributed by atoms with Gasteiger partial charge in [-0.1, -0.05) is 65.2 Å². The molecule has 160 valence electrons. The van der Waals surface area contributed by atoms with Crippen molar-refractivity contribution in [3.63, 3.8) is 0 Å². The van der Waals surface area contributed by atoms with Crippen molar-refractivity contribution in [1.82, 2.24) is 14.9 Å². The number of hydrogen-bond acceptors (Lipinski definition) is 5. The number of anilines is 1. The highest BCUT2D eigenvalue weighted by Gasteiger charge is 2.34. The normalized spacial score (nSPS) is 11.5. The van der Waals surface area contributed by atoms with Crippen molar-refractivity contribution in [2.45, 2.75) is 12.6 Å². The minimum Gasteiger partial charge on any atom is -0.350 e. The molecule has 1 atom stereocenters. The number of nitrogens with zero attached hydrogens (tertiary/aromatic N) is 3. The highest BCUT2D eigenvalue weighted by Crippen LogP contribution is 2.29. The lowest BCUT2D eigenvalue weighted by molar-refractivity contribution is -0.122. The fourth-order valence-electron chi connectivity index (χ4n) is 3.29. The highest BCUT2D eigenvalue weighted by atomic mass is 32.1. The van der Waals surface area contributed by atoms with Gasteiger partial charge in [0.15, 0.2) is 5.69 Å². The minimum absolute atomic E-state index is 0.158. The standard InChI is InChI=1S/C24H19FN4O2S/c25-19-13-11-17(12-14-19)15-26-23(30)22(18-7-3-1-4-8-18)29(20-9-5-2-6-10-20)24(31)21-16-32-28-27-21/h1-14,16,22H,15H2,(H,26,30)/t22-/m0/s1. The average molecular weight is 447 g/mol. The van der Waals surface area contributed by atoms with E-state index in [1.807, 2.05) is 24.3 Å². The minimum atomic E-state index is -0.951. The van der Waals surface area contributed by atoms with Crippen molar-refractivity contribution in [3.05, 3.63) is 113 Å². The van der Waals surface area contributed by atoms with E-state index in [9.17, 15) is 14.0 Å². The Kier molecular flexibility index (Phi) is 6.62. The summed E-state index contributed by atoms with van der Waals surface area (Å²) in [5.41, 5.74) is 2.10. The lowest BCUT2D eigenvalue weighted by Gasteiger charge is -2.31. The SMILES string of the molecule is O=C(NCc1ccc(F)cc1)[C@H](c1ccccc1)N(C(=O)c1csnn1)c1ccccc1. The molecule has 8 heteroatoms. The largest absolute Gasteiger partial charge is 0.350 e. The Morgan fingerprint density at radius 1 is 0.938 bits per heavy atom. The predicted octanol–water partition coefficient (Wildman–Crippen LogP) is 4.38. The summed E-state index contributed by atoms with van der Waals surface area (Å²) in [6.07, 6.45) is 0. The number of halogens is 1. The molecular formula is C24H19FN4O2S. The van der Waals surface area contributed by atoms with Crippen LogP contribution < -0.4 is 10.2 Å². The van der Waals surface area contributed by atoms with Gasteiger partial charge in [-0.3, -0.25) is 14.5 Å². The third kappa shape index (κ3) is 4.87. The van der Waals surface area contributed by atoms with Crippen LogP contribution in [0.2, 0.25) is 0 Å². The van der Waals surface area contributed by atoms with E-state index >= 15 is 0 Å². The number of carbonyl (C=O) groups excluding carboxylic acids is 2. The first kappa shape index (κ1) is 21.3. The molecule has 1 N–H and O–H groups in total. The summed E-state index contributed by atoms with van der Waals surface area (Å²) >= 11 is 1.07. The summed E-state index contributed by atoms with van der Waals surface area (Å²) < 4.78 is 17.0. The van der Waals surface area contributed by atoms with E-state index in [1.165, 1.54) is 17.0 Å². The maximum Gasteiger partial charge on any atom is 0.280 e. The number of benzene rings is 3. The van der Waals surface area contributed by atoms with Gasteiger partial charge in [0, 0.05) is 17.6 Å². The molecule has 0 bridgehead atoms. The Morgan fingerprint density at radius 3 is 2.22 bits per heavy atom. The van der Waals surface area contributed by atoms with Crippen LogP contribution in [-0.2, 0) is 11.3 Å². The van der Waals surface area contributed by atoms with E-state index in [0.29, 0.717) is 11.3 Å². The molecule has 0 spiro atoms. The topological polar surface area (TPSA) is 75.2 Å². The van der Waals surface area contributed by atoms with Gasteiger partial charge in [-0.05, 0) is 46.9 Å². The molecule has 32 heavy (non-hydrogen) atoms. The highest BCUT2D eigenvalue weighted by molar-refractivity contribution is 7.03. The lowest BCUT2D eigenvalue weighted by atomic mass is 10.0. The number of rotatable bonds is 7. The van der Waals surface area contributed by atoms with Gasteiger partial charge in [0.2, 0.25) is 5.91 Å². The molecule has 0 radical (unpaired) electrons. The number of para-hydroxylation sites is 1. The Morgan fingerprint density at radius 2 is 1.59 bits per heavy atom. The Balaban J connectivity index is 1.71. The summed E-state index contributed by atoms with van der Waals surface area (Å²) in [4.78, 5) is 28.3. The summed E-state index contributed by atoms with van der Waals surface area (Å²) in [7, 11) is 0. The first-order chi connectivity index (χ1) is 15.6. The number of hydrogen-bond donors (Lipinski definition) is 1. The molecule has 2 amide bonds. The van der Waals surface area contributed by atoms with E-state index in [0.717, 1.165) is 17.1 Å². The van der Waals surface area contributed by atoms with Crippen LogP contribution in [0.3, 0.4) is 0 Å². The fraction of sp³-hybridized carbons (Fsp3) is 0.0833. The van der Waals surface area contributed by atoms with Gasteiger partial charge in [0.25, 0.3) is 5.91 Å². The van der Waals surface area contributed by atoms with Crippen LogP contribution in [0.1, 0.15) is 27.7 Å². The maximum absolute atomic E-state index is 13.5. The molecule has 0 aliphatic carbocycles. The zero-order valence-electron chi connectivity index (χ0n) is 16.9. The number of carbonyl (C=O) groups is 2. The van der Waals surface area contributed by atoms with E-state index in [1.54, 1.807) is 53.9 Å². The second-order valence-corrected chi connectivity index (χ2v) is 7.57. The third-order valence-electron chi connectivity index (χ3n) is 4.83. The quantitative estimate of drug-likeness (QED) is 0.457. The Bertz CT molecular complexity index is 1170. The van der Waals surface area contributed by atoms with E-state index in [4.69, 9.17) is 0 Å². The summed E-state index contributed by atoms with van der Waals surface area (Å²) in [6, 6.07) is 23.0. The second kappa shape index (κ2) is 9.93. The van der Waals surface area contributed by atoms with Crippen LogP contribution in [0.25, 0.3) is 0 Å². The molecule has 4 rings (SSSR count). The van der Waals surface area contributed by atoms with Crippen LogP contribution in [0.5, 0.6) is 0 Å². The lowest BCUT2D eigenvalue weighted by Crippen LogP contribution is -2.44. The molecule has 1 heterocycles. The molecule has 0 aliphatic rings. The summed E-state index contributed by atoms with van der Waals surface area (Å²) in [6.45, 7) is 0.192. The molecule has 0 fully saturated rings. The van der Waals surface area contributed by atoms with Crippen LogP contribution in [0, 0.1) is 5.82 Å². The zero-order chi connectivity index (χ0) is 22.3. The van der Waals surface area contributed by atoms with Gasteiger partial charge >= 0.3 is 0 Å². The first-order valence-corrected chi connectivity index (χ1v) is 10.7. The van der Waals surface area contributed by atoms with Crippen LogP contribution in [0.15, 0.2) is 90.3 Å². The molecule has 0 saturated heterocycles. The number of aromatic nitrogens is 2. The molecule has 6 nitrogen and oxygen atoms in total. The van der Waals surface area contributed by atoms with Gasteiger partial charge in [-0.15, -0.1) is 5.10 Å². The van der Waals surface area contributed by atoms with Crippen LogP contribution in [-0.4, -0.2) is 21.4 Å². The number of amides is 2. The smallest absolute Gasteiger partial charge is 0.280 e. The van der Waals surface area contributed by atoms with Crippen molar-refractivity contribution in [2.24, 2.45) is 0 Å². The van der Waals surface area contributed by atoms with Crippen LogP contribution >= 0.6 is 11.5 Å². The molecule has 3 aromatic carbocycles. The summed E-state index contributed by atoms with van der Waals surface area (Å²) in [5.74, 6) is -1.16. The van der Waals surface area contributed by atoms with Crippen molar-refractivity contribution in [2.75, 3.05) is 4.90 Å². The molecule has 0 aliphatic heterocycles. The molecule has 0 saturated carbocycles. The maximum atomic E-state index is 13.5. The van der Waals surface area contributed by atoms with Crippen molar-refractivity contribution in [1.29, 1.82) is 0 Å². The van der Waals surface area contributed by atoms with Crippen molar-refractivity contribution >= 4 is 29.0 Å². The third-order valence-corrected chi connectivity index (χ3v) is 5.34. The molecule has 0 unspecified atom stereocenters. The van der Waals surface area contributed by atoms with E-state index in [2.05, 4.69) is 14.9 Å². The summed E-state index contributed by atoms with van der Waals surface area (Å²) in [5, 5.41) is 8.34. The average Bonchev–Trinajstić information content (AvgIpc) is 3.38. The van der Waals surface area contributed by atoms with Gasteiger partial charge < -0.3 is 5.32 Å². The Labute approximate surface area is 188 Å². The second-order valence-electron chi connectivity index (χ2n) is 6.96. The monoisotopic (exact) mass is 446 g/mol. The van der Waals surface area contributed by atoms with Crippen LogP contribution in [0.4, 0.5) is 10.1 Å². The first-order valence-electron chi connectivity index (χ1n) is 9.86. The van der Waals surface area contributed by atoms with Crippen molar-refractivity contribution < 1.29 is 14.0 Å². The molecule has 1 aromatic heterocycles. The van der Waals surface area contributed by atoms with Gasteiger partial charge in [-0.2, -0.15) is 0 Å². The fourth-order valence-corrected chi connectivity index (χ4v) is 3.72. The zero-order valence-corrected chi connectivity index (χ0v) is 17.7. The predicted molar refractivity (Wildman–Crippen MR) is 121 cm³/mol. The van der Waals surface area contributed by atoms with Gasteiger partial charge in [0.05, 0.1) is 0 Å².